The average molecular weight is 387 g/mol. The first kappa shape index (κ1) is 17.4. The third-order valence-electron chi connectivity index (χ3n) is 5.13. The largest absolute Gasteiger partial charge is 0.463 e. The van der Waals surface area contributed by atoms with Gasteiger partial charge in [0.25, 0.3) is 11.8 Å². The van der Waals surface area contributed by atoms with Crippen molar-refractivity contribution in [2.75, 3.05) is 6.61 Å². The molecule has 1 aliphatic rings. The van der Waals surface area contributed by atoms with E-state index in [0.717, 1.165) is 16.2 Å². The Bertz CT molecular complexity index is 1310. The average Bonchev–Trinajstić information content (AvgIpc) is 3.39. The normalized spacial score (nSPS) is 14.4. The van der Waals surface area contributed by atoms with Crippen molar-refractivity contribution in [3.05, 3.63) is 66.4 Å². The Kier molecular flexibility index (Phi) is 4.03. The summed E-state index contributed by atoms with van der Waals surface area (Å²) in [6.07, 6.45) is 5.62. The highest BCUT2D eigenvalue weighted by atomic mass is 16.3. The number of aryl methyl sites for hydroxylation is 1. The number of pyridine rings is 1. The molecule has 3 aromatic heterocycles. The van der Waals surface area contributed by atoms with Crippen LogP contribution in [-0.2, 0) is 16.1 Å². The summed E-state index contributed by atoms with van der Waals surface area (Å²) in [4.78, 5) is 29.9. The molecule has 0 radical (unpaired) electrons. The molecule has 0 saturated heterocycles. The SMILES string of the molecule is O=C1NC(=O)C(c2cn(CCCO)c3ncccc23)=C1c1occ2ccccc12. The summed E-state index contributed by atoms with van der Waals surface area (Å²) in [5.41, 5.74) is 1.81. The number of nitrogens with zero attached hydrogens (tertiary/aromatic N) is 2. The highest BCUT2D eigenvalue weighted by molar-refractivity contribution is 6.50. The van der Waals surface area contributed by atoms with Crippen molar-refractivity contribution in [3.8, 4) is 0 Å². The van der Waals surface area contributed by atoms with Crippen LogP contribution in [-0.4, -0.2) is 33.1 Å². The van der Waals surface area contributed by atoms with Gasteiger partial charge in [-0.05, 0) is 18.6 Å². The molecule has 2 N–H and O–H groups in total. The molecule has 0 saturated carbocycles. The molecule has 5 rings (SSSR count). The molecule has 0 aliphatic carbocycles. The topological polar surface area (TPSA) is 97.4 Å². The lowest BCUT2D eigenvalue weighted by Gasteiger charge is -2.02. The fourth-order valence-electron chi connectivity index (χ4n) is 3.85. The summed E-state index contributed by atoms with van der Waals surface area (Å²) in [6.45, 7) is 0.596. The second kappa shape index (κ2) is 6.72. The van der Waals surface area contributed by atoms with Crippen molar-refractivity contribution in [2.45, 2.75) is 13.0 Å². The number of aliphatic hydroxyl groups is 1. The van der Waals surface area contributed by atoms with E-state index < -0.39 is 11.8 Å². The number of imide groups is 1. The highest BCUT2D eigenvalue weighted by Gasteiger charge is 2.36. The fraction of sp³-hybridized carbons (Fsp3) is 0.136. The van der Waals surface area contributed by atoms with Crippen molar-refractivity contribution in [1.82, 2.24) is 14.9 Å². The Morgan fingerprint density at radius 3 is 2.69 bits per heavy atom. The van der Waals surface area contributed by atoms with E-state index in [2.05, 4.69) is 10.3 Å². The van der Waals surface area contributed by atoms with E-state index in [4.69, 9.17) is 4.42 Å². The van der Waals surface area contributed by atoms with Crippen molar-refractivity contribution in [3.63, 3.8) is 0 Å². The maximum atomic E-state index is 12.8. The maximum Gasteiger partial charge on any atom is 0.262 e. The molecule has 0 spiro atoms. The van der Waals surface area contributed by atoms with Crippen LogP contribution in [0.1, 0.15) is 17.7 Å². The molecule has 1 aliphatic heterocycles. The lowest BCUT2D eigenvalue weighted by atomic mass is 9.98. The third kappa shape index (κ3) is 2.67. The number of fused-ring (bicyclic) bond motifs is 2. The van der Waals surface area contributed by atoms with Crippen LogP contribution in [0, 0.1) is 0 Å². The zero-order valence-electron chi connectivity index (χ0n) is 15.4. The molecule has 7 nitrogen and oxygen atoms in total. The molecule has 29 heavy (non-hydrogen) atoms. The van der Waals surface area contributed by atoms with Crippen LogP contribution in [0.4, 0.5) is 0 Å². The number of carbonyl (C=O) groups is 2. The summed E-state index contributed by atoms with van der Waals surface area (Å²) in [7, 11) is 0. The molecule has 7 heteroatoms. The Morgan fingerprint density at radius 2 is 1.83 bits per heavy atom. The summed E-state index contributed by atoms with van der Waals surface area (Å²) in [6, 6.07) is 11.2. The minimum absolute atomic E-state index is 0.0488. The van der Waals surface area contributed by atoms with E-state index in [1.165, 1.54) is 0 Å². The van der Waals surface area contributed by atoms with Crippen molar-refractivity contribution < 1.29 is 19.1 Å². The van der Waals surface area contributed by atoms with E-state index in [-0.39, 0.29) is 17.8 Å². The summed E-state index contributed by atoms with van der Waals surface area (Å²) >= 11 is 0. The van der Waals surface area contributed by atoms with E-state index in [1.807, 2.05) is 41.1 Å². The maximum absolute atomic E-state index is 12.8. The van der Waals surface area contributed by atoms with Gasteiger partial charge in [-0.2, -0.15) is 0 Å². The van der Waals surface area contributed by atoms with E-state index in [0.29, 0.717) is 29.9 Å². The van der Waals surface area contributed by atoms with Crippen molar-refractivity contribution >= 4 is 44.8 Å². The Morgan fingerprint density at radius 1 is 1.03 bits per heavy atom. The Hall–Kier alpha value is -3.71. The molecule has 0 fully saturated rings. The van der Waals surface area contributed by atoms with Gasteiger partial charge in [-0.25, -0.2) is 4.98 Å². The molecule has 1 aromatic carbocycles. The van der Waals surface area contributed by atoms with Crippen molar-refractivity contribution in [1.29, 1.82) is 0 Å². The number of aromatic nitrogens is 2. The van der Waals surface area contributed by atoms with Gasteiger partial charge in [-0.3, -0.25) is 14.9 Å². The van der Waals surface area contributed by atoms with E-state index >= 15 is 0 Å². The molecule has 2 amide bonds. The van der Waals surface area contributed by atoms with Crippen LogP contribution in [0.25, 0.3) is 33.0 Å². The standard InChI is InChI=1S/C22H17N3O4/c26-10-4-9-25-11-16(15-7-3-8-23-20(15)25)17-18(22(28)24-21(17)27)19-14-6-2-1-5-13(14)12-29-19/h1-3,5-8,11-12,26H,4,9-10H2,(H,24,27,28). The number of furan rings is 1. The number of amides is 2. The first-order valence-electron chi connectivity index (χ1n) is 9.30. The van der Waals surface area contributed by atoms with Crippen molar-refractivity contribution in [2.24, 2.45) is 0 Å². The zero-order valence-corrected chi connectivity index (χ0v) is 15.4. The molecule has 144 valence electrons. The molecule has 0 atom stereocenters. The molecule has 0 unspecified atom stereocenters. The van der Waals surface area contributed by atoms with Gasteiger partial charge in [0.1, 0.15) is 11.4 Å². The van der Waals surface area contributed by atoms with Crippen LogP contribution in [0.3, 0.4) is 0 Å². The van der Waals surface area contributed by atoms with Crippen LogP contribution in [0.15, 0.2) is 59.5 Å². The lowest BCUT2D eigenvalue weighted by molar-refractivity contribution is -0.122. The number of rotatable bonds is 5. The predicted molar refractivity (Wildman–Crippen MR) is 108 cm³/mol. The van der Waals surface area contributed by atoms with Gasteiger partial charge in [0, 0.05) is 47.3 Å². The number of nitrogens with one attached hydrogen (secondary N) is 1. The van der Waals surface area contributed by atoms with Crippen LogP contribution in [0.5, 0.6) is 0 Å². The van der Waals surface area contributed by atoms with Crippen LogP contribution in [0.2, 0.25) is 0 Å². The first-order chi connectivity index (χ1) is 14.2. The van der Waals surface area contributed by atoms with Gasteiger partial charge in [-0.1, -0.05) is 24.3 Å². The lowest BCUT2D eigenvalue weighted by Crippen LogP contribution is -2.22. The van der Waals surface area contributed by atoms with Gasteiger partial charge in [0.05, 0.1) is 17.4 Å². The summed E-state index contributed by atoms with van der Waals surface area (Å²) in [5, 5.41) is 14.0. The zero-order chi connectivity index (χ0) is 20.0. The fourth-order valence-corrected chi connectivity index (χ4v) is 3.85. The molecule has 4 aromatic rings. The second-order valence-electron chi connectivity index (χ2n) is 6.87. The minimum Gasteiger partial charge on any atom is -0.463 e. The minimum atomic E-state index is -0.481. The quantitative estimate of drug-likeness (QED) is 0.513. The molecular weight excluding hydrogens is 370 g/mol. The molecule has 4 heterocycles. The highest BCUT2D eigenvalue weighted by Crippen LogP contribution is 2.38. The first-order valence-corrected chi connectivity index (χ1v) is 9.30. The third-order valence-corrected chi connectivity index (χ3v) is 5.13. The Balaban J connectivity index is 1.79. The van der Waals surface area contributed by atoms with E-state index in [1.54, 1.807) is 18.5 Å². The number of benzene rings is 1. The van der Waals surface area contributed by atoms with E-state index in [9.17, 15) is 14.7 Å². The van der Waals surface area contributed by atoms with Gasteiger partial charge in [0.15, 0.2) is 0 Å². The monoisotopic (exact) mass is 387 g/mol. The van der Waals surface area contributed by atoms with Gasteiger partial charge in [0.2, 0.25) is 0 Å². The number of aliphatic hydroxyl groups excluding tert-OH is 1. The number of hydrogen-bond acceptors (Lipinski definition) is 5. The van der Waals surface area contributed by atoms with Crippen LogP contribution >= 0.6 is 0 Å². The number of carbonyl (C=O) groups excluding carboxylic acids is 2. The summed E-state index contributed by atoms with van der Waals surface area (Å²) < 4.78 is 7.62. The summed E-state index contributed by atoms with van der Waals surface area (Å²) in [5.74, 6) is -0.570. The molecule has 0 bridgehead atoms. The van der Waals surface area contributed by atoms with Crippen LogP contribution < -0.4 is 5.32 Å². The van der Waals surface area contributed by atoms with Gasteiger partial charge < -0.3 is 14.1 Å². The number of hydrogen-bond donors (Lipinski definition) is 2. The molecular formula is C22H17N3O4. The second-order valence-corrected chi connectivity index (χ2v) is 6.87. The van der Waals surface area contributed by atoms with Gasteiger partial charge >= 0.3 is 0 Å². The van der Waals surface area contributed by atoms with Gasteiger partial charge in [-0.15, -0.1) is 0 Å². The smallest absolute Gasteiger partial charge is 0.262 e. The predicted octanol–water partition coefficient (Wildman–Crippen LogP) is 2.73. The Labute approximate surface area is 165 Å².